The van der Waals surface area contributed by atoms with E-state index in [1.54, 1.807) is 30.1 Å². The molecule has 4 nitrogen and oxygen atoms in total. The van der Waals surface area contributed by atoms with Gasteiger partial charge < -0.3 is 9.80 Å². The summed E-state index contributed by atoms with van der Waals surface area (Å²) in [6.45, 7) is 1.67. The smallest absolute Gasteiger partial charge is 0.272 e. The maximum atomic E-state index is 12.0. The van der Waals surface area contributed by atoms with Gasteiger partial charge in [0.25, 0.3) is 5.91 Å². The van der Waals surface area contributed by atoms with E-state index in [1.807, 2.05) is 14.1 Å². The number of nitrogens with zero attached hydrogens (tertiary/aromatic N) is 3. The first kappa shape index (κ1) is 13.9. The average Bonchev–Trinajstić information content (AvgIpc) is 2.27. The summed E-state index contributed by atoms with van der Waals surface area (Å²) in [5, 5.41) is 0.345. The van der Waals surface area contributed by atoms with Crippen LogP contribution in [0.25, 0.3) is 0 Å². The normalized spacial score (nSPS) is 10.6. The third-order valence-electron chi connectivity index (χ3n) is 2.38. The summed E-state index contributed by atoms with van der Waals surface area (Å²) in [5.74, 6) is -0.0914. The second-order valence-corrected chi connectivity index (χ2v) is 4.62. The van der Waals surface area contributed by atoms with Gasteiger partial charge in [-0.25, -0.2) is 4.98 Å². The van der Waals surface area contributed by atoms with Gasteiger partial charge in [0.1, 0.15) is 10.8 Å². The van der Waals surface area contributed by atoms with Crippen LogP contribution in [0.3, 0.4) is 0 Å². The molecule has 0 saturated carbocycles. The number of hydrogen-bond acceptors (Lipinski definition) is 3. The fraction of sp³-hybridized carbons (Fsp3) is 0.500. The molecule has 0 unspecified atom stereocenters. The molecule has 0 spiro atoms. The SMILES string of the molecule is CN(C)CCCN(C)C(=O)c1cccc(Cl)n1. The zero-order chi connectivity index (χ0) is 12.8. The van der Waals surface area contributed by atoms with Crippen molar-refractivity contribution in [2.75, 3.05) is 34.2 Å². The van der Waals surface area contributed by atoms with Crippen molar-refractivity contribution in [3.05, 3.63) is 29.0 Å². The highest BCUT2D eigenvalue weighted by Crippen LogP contribution is 2.07. The minimum absolute atomic E-state index is 0.0914. The molecular formula is C12H18ClN3O. The lowest BCUT2D eigenvalue weighted by atomic mass is 10.3. The fourth-order valence-electron chi connectivity index (χ4n) is 1.45. The van der Waals surface area contributed by atoms with E-state index in [2.05, 4.69) is 9.88 Å². The van der Waals surface area contributed by atoms with Gasteiger partial charge in [-0.3, -0.25) is 4.79 Å². The molecule has 0 atom stereocenters. The lowest BCUT2D eigenvalue weighted by Gasteiger charge is -2.18. The van der Waals surface area contributed by atoms with Gasteiger partial charge in [0.2, 0.25) is 0 Å². The van der Waals surface area contributed by atoms with E-state index in [0.717, 1.165) is 13.0 Å². The first-order valence-electron chi connectivity index (χ1n) is 5.53. The molecule has 0 aliphatic heterocycles. The van der Waals surface area contributed by atoms with Crippen molar-refractivity contribution in [3.8, 4) is 0 Å². The highest BCUT2D eigenvalue weighted by molar-refractivity contribution is 6.29. The second kappa shape index (κ2) is 6.57. The van der Waals surface area contributed by atoms with Gasteiger partial charge in [0.05, 0.1) is 0 Å². The first-order valence-corrected chi connectivity index (χ1v) is 5.91. The van der Waals surface area contributed by atoms with Crippen molar-refractivity contribution in [1.82, 2.24) is 14.8 Å². The van der Waals surface area contributed by atoms with Gasteiger partial charge in [-0.05, 0) is 39.2 Å². The second-order valence-electron chi connectivity index (χ2n) is 4.23. The molecule has 0 aliphatic rings. The van der Waals surface area contributed by atoms with Crippen molar-refractivity contribution in [1.29, 1.82) is 0 Å². The van der Waals surface area contributed by atoms with Gasteiger partial charge in [0, 0.05) is 13.6 Å². The Bertz CT molecular complexity index is 382. The summed E-state index contributed by atoms with van der Waals surface area (Å²) in [4.78, 5) is 19.7. The van der Waals surface area contributed by atoms with Crippen LogP contribution in [0.1, 0.15) is 16.9 Å². The van der Waals surface area contributed by atoms with Crippen LogP contribution < -0.4 is 0 Å². The van der Waals surface area contributed by atoms with Crippen molar-refractivity contribution in [2.24, 2.45) is 0 Å². The van der Waals surface area contributed by atoms with Gasteiger partial charge in [-0.15, -0.1) is 0 Å². The van der Waals surface area contributed by atoms with Crippen LogP contribution in [0, 0.1) is 0 Å². The largest absolute Gasteiger partial charge is 0.340 e. The monoisotopic (exact) mass is 255 g/mol. The highest BCUT2D eigenvalue weighted by Gasteiger charge is 2.12. The van der Waals surface area contributed by atoms with E-state index in [-0.39, 0.29) is 5.91 Å². The molecule has 1 amide bonds. The predicted octanol–water partition coefficient (Wildman–Crippen LogP) is 1.76. The Morgan fingerprint density at radius 2 is 2.00 bits per heavy atom. The summed E-state index contributed by atoms with van der Waals surface area (Å²) >= 11 is 5.75. The molecule has 0 saturated heterocycles. The third kappa shape index (κ3) is 4.71. The van der Waals surface area contributed by atoms with Crippen molar-refractivity contribution in [3.63, 3.8) is 0 Å². The van der Waals surface area contributed by atoms with Gasteiger partial charge in [-0.2, -0.15) is 0 Å². The van der Waals surface area contributed by atoms with Crippen LogP contribution in [-0.2, 0) is 0 Å². The number of hydrogen-bond donors (Lipinski definition) is 0. The fourth-order valence-corrected chi connectivity index (χ4v) is 1.61. The third-order valence-corrected chi connectivity index (χ3v) is 2.59. The van der Waals surface area contributed by atoms with Crippen LogP contribution in [0.5, 0.6) is 0 Å². The topological polar surface area (TPSA) is 36.4 Å². The number of carbonyl (C=O) groups is 1. The van der Waals surface area contributed by atoms with Gasteiger partial charge in [-0.1, -0.05) is 17.7 Å². The van der Waals surface area contributed by atoms with Crippen LogP contribution in [0.15, 0.2) is 18.2 Å². The molecule has 0 aliphatic carbocycles. The number of amides is 1. The van der Waals surface area contributed by atoms with E-state index in [4.69, 9.17) is 11.6 Å². The maximum absolute atomic E-state index is 12.0. The number of rotatable bonds is 5. The summed E-state index contributed by atoms with van der Waals surface area (Å²) < 4.78 is 0. The van der Waals surface area contributed by atoms with E-state index < -0.39 is 0 Å². The van der Waals surface area contributed by atoms with Gasteiger partial charge >= 0.3 is 0 Å². The molecule has 1 aromatic heterocycles. The minimum atomic E-state index is -0.0914. The van der Waals surface area contributed by atoms with Gasteiger partial charge in [0.15, 0.2) is 0 Å². The minimum Gasteiger partial charge on any atom is -0.340 e. The molecular weight excluding hydrogens is 238 g/mol. The molecule has 0 N–H and O–H groups in total. The van der Waals surface area contributed by atoms with Crippen molar-refractivity contribution >= 4 is 17.5 Å². The van der Waals surface area contributed by atoms with Crippen LogP contribution >= 0.6 is 11.6 Å². The molecule has 0 fully saturated rings. The highest BCUT2D eigenvalue weighted by atomic mass is 35.5. The summed E-state index contributed by atoms with van der Waals surface area (Å²) in [7, 11) is 5.81. The maximum Gasteiger partial charge on any atom is 0.272 e. The number of aromatic nitrogens is 1. The molecule has 0 aromatic carbocycles. The lowest BCUT2D eigenvalue weighted by Crippen LogP contribution is -2.30. The van der Waals surface area contributed by atoms with Crippen LogP contribution in [0.4, 0.5) is 0 Å². The molecule has 1 rings (SSSR count). The molecule has 1 heterocycles. The Balaban J connectivity index is 2.52. The molecule has 1 aromatic rings. The number of carbonyl (C=O) groups excluding carboxylic acids is 1. The van der Waals surface area contributed by atoms with E-state index >= 15 is 0 Å². The predicted molar refractivity (Wildman–Crippen MR) is 69.4 cm³/mol. The quantitative estimate of drug-likeness (QED) is 0.753. The Morgan fingerprint density at radius 3 is 2.59 bits per heavy atom. The number of pyridine rings is 1. The standard InChI is InChI=1S/C12H18ClN3O/c1-15(2)8-5-9-16(3)12(17)10-6-4-7-11(13)14-10/h4,6-7H,5,8-9H2,1-3H3. The zero-order valence-electron chi connectivity index (χ0n) is 10.5. The van der Waals surface area contributed by atoms with E-state index in [0.29, 0.717) is 17.4 Å². The lowest BCUT2D eigenvalue weighted by molar-refractivity contribution is 0.0785. The molecule has 94 valence electrons. The van der Waals surface area contributed by atoms with E-state index in [9.17, 15) is 4.79 Å². The zero-order valence-corrected chi connectivity index (χ0v) is 11.2. The van der Waals surface area contributed by atoms with E-state index in [1.165, 1.54) is 0 Å². The Kier molecular flexibility index (Phi) is 5.38. The molecule has 17 heavy (non-hydrogen) atoms. The van der Waals surface area contributed by atoms with Crippen LogP contribution in [0.2, 0.25) is 5.15 Å². The molecule has 0 bridgehead atoms. The van der Waals surface area contributed by atoms with Crippen LogP contribution in [-0.4, -0.2) is 54.9 Å². The van der Waals surface area contributed by atoms with Crippen molar-refractivity contribution in [2.45, 2.75) is 6.42 Å². The average molecular weight is 256 g/mol. The Morgan fingerprint density at radius 1 is 1.29 bits per heavy atom. The Hall–Kier alpha value is -1.13. The number of halogens is 1. The molecule has 0 radical (unpaired) electrons. The van der Waals surface area contributed by atoms with Crippen molar-refractivity contribution < 1.29 is 4.79 Å². The summed E-state index contributed by atoms with van der Waals surface area (Å²) in [6, 6.07) is 5.07. The summed E-state index contributed by atoms with van der Waals surface area (Å²) in [6.07, 6.45) is 0.940. The first-order chi connectivity index (χ1) is 8.00. The summed E-state index contributed by atoms with van der Waals surface area (Å²) in [5.41, 5.74) is 0.393. The Labute approximate surface area is 107 Å². The molecule has 5 heteroatoms.